The molecule has 1 aromatic rings. The number of rotatable bonds is 8. The van der Waals surface area contributed by atoms with Gasteiger partial charge in [0.2, 0.25) is 11.8 Å². The lowest BCUT2D eigenvalue weighted by molar-refractivity contribution is -0.130. The van der Waals surface area contributed by atoms with Crippen LogP contribution in [-0.4, -0.2) is 78.2 Å². The molecule has 0 aliphatic carbocycles. The molecule has 0 spiro atoms. The SMILES string of the molecule is CC(=O)N1CCC(N(CCNC(=O)CCc2c(C)noc2C)C2CCOCC2)CC1. The van der Waals surface area contributed by atoms with Crippen LogP contribution >= 0.6 is 0 Å². The molecule has 2 aliphatic heterocycles. The predicted molar refractivity (Wildman–Crippen MR) is 113 cm³/mol. The predicted octanol–water partition coefficient (Wildman–Crippen LogP) is 1.83. The van der Waals surface area contributed by atoms with Gasteiger partial charge in [0.1, 0.15) is 5.76 Å². The Morgan fingerprint density at radius 3 is 2.40 bits per heavy atom. The number of aryl methyl sites for hydroxylation is 2. The molecule has 0 saturated carbocycles. The van der Waals surface area contributed by atoms with Gasteiger partial charge in [-0.15, -0.1) is 0 Å². The molecule has 3 heterocycles. The van der Waals surface area contributed by atoms with Gasteiger partial charge in [0, 0.05) is 70.4 Å². The molecule has 2 amide bonds. The molecule has 2 saturated heterocycles. The van der Waals surface area contributed by atoms with Crippen molar-refractivity contribution in [1.82, 2.24) is 20.3 Å². The Kier molecular flexibility index (Phi) is 8.27. The zero-order valence-corrected chi connectivity index (χ0v) is 18.6. The van der Waals surface area contributed by atoms with E-state index in [0.29, 0.717) is 31.5 Å². The van der Waals surface area contributed by atoms with Crippen molar-refractivity contribution in [3.05, 3.63) is 17.0 Å². The standard InChI is InChI=1S/C22H36N4O4/c1-16-21(17(2)30-24-16)4-5-22(28)23-10-13-26(20-8-14-29-15-9-20)19-6-11-25(12-7-19)18(3)27/h19-20H,4-15H2,1-3H3,(H,23,28). The number of piperidine rings is 1. The molecule has 2 aliphatic rings. The minimum absolute atomic E-state index is 0.0633. The lowest BCUT2D eigenvalue weighted by atomic mass is 9.98. The summed E-state index contributed by atoms with van der Waals surface area (Å²) in [7, 11) is 0. The molecular weight excluding hydrogens is 384 g/mol. The van der Waals surface area contributed by atoms with E-state index in [1.54, 1.807) is 6.92 Å². The normalized spacial score (nSPS) is 18.7. The molecule has 2 fully saturated rings. The number of nitrogens with zero attached hydrogens (tertiary/aromatic N) is 3. The topological polar surface area (TPSA) is 87.9 Å². The Labute approximate surface area is 179 Å². The summed E-state index contributed by atoms with van der Waals surface area (Å²) in [6.45, 7) is 10.2. The Morgan fingerprint density at radius 2 is 1.80 bits per heavy atom. The fourth-order valence-electron chi connectivity index (χ4n) is 4.70. The molecule has 168 valence electrons. The zero-order chi connectivity index (χ0) is 21.5. The van der Waals surface area contributed by atoms with Crippen molar-refractivity contribution in [1.29, 1.82) is 0 Å². The highest BCUT2D eigenvalue weighted by Crippen LogP contribution is 2.23. The van der Waals surface area contributed by atoms with Crippen LogP contribution in [0.5, 0.6) is 0 Å². The second-order valence-corrected chi connectivity index (χ2v) is 8.47. The summed E-state index contributed by atoms with van der Waals surface area (Å²) in [6.07, 6.45) is 5.16. The summed E-state index contributed by atoms with van der Waals surface area (Å²) in [4.78, 5) is 28.5. The molecule has 3 rings (SSSR count). The van der Waals surface area contributed by atoms with Crippen LogP contribution in [0, 0.1) is 13.8 Å². The van der Waals surface area contributed by atoms with Crippen LogP contribution in [-0.2, 0) is 20.7 Å². The Balaban J connectivity index is 1.48. The first-order valence-electron chi connectivity index (χ1n) is 11.2. The smallest absolute Gasteiger partial charge is 0.220 e. The van der Waals surface area contributed by atoms with Crippen LogP contribution in [0.2, 0.25) is 0 Å². The Hall–Kier alpha value is -1.93. The third-order valence-corrected chi connectivity index (χ3v) is 6.51. The number of hydrogen-bond acceptors (Lipinski definition) is 6. The molecule has 0 unspecified atom stereocenters. The second-order valence-electron chi connectivity index (χ2n) is 8.47. The average Bonchev–Trinajstić information content (AvgIpc) is 3.08. The van der Waals surface area contributed by atoms with Crippen LogP contribution in [0.1, 0.15) is 56.0 Å². The molecule has 0 atom stereocenters. The first-order chi connectivity index (χ1) is 14.5. The quantitative estimate of drug-likeness (QED) is 0.690. The van der Waals surface area contributed by atoms with Crippen molar-refractivity contribution in [2.24, 2.45) is 0 Å². The summed E-state index contributed by atoms with van der Waals surface area (Å²) in [5.41, 5.74) is 1.90. The first-order valence-corrected chi connectivity index (χ1v) is 11.2. The highest BCUT2D eigenvalue weighted by Gasteiger charge is 2.31. The van der Waals surface area contributed by atoms with Gasteiger partial charge < -0.3 is 19.5 Å². The van der Waals surface area contributed by atoms with Crippen molar-refractivity contribution < 1.29 is 18.8 Å². The van der Waals surface area contributed by atoms with Gasteiger partial charge in [0.25, 0.3) is 0 Å². The number of carbonyl (C=O) groups is 2. The summed E-state index contributed by atoms with van der Waals surface area (Å²) in [6, 6.07) is 0.953. The second kappa shape index (κ2) is 10.9. The van der Waals surface area contributed by atoms with E-state index in [4.69, 9.17) is 9.26 Å². The third kappa shape index (κ3) is 6.04. The lowest BCUT2D eigenvalue weighted by Gasteiger charge is -2.43. The van der Waals surface area contributed by atoms with Gasteiger partial charge in [-0.1, -0.05) is 5.16 Å². The van der Waals surface area contributed by atoms with Gasteiger partial charge in [-0.3, -0.25) is 14.5 Å². The average molecular weight is 421 g/mol. The van der Waals surface area contributed by atoms with Crippen LogP contribution in [0.3, 0.4) is 0 Å². The zero-order valence-electron chi connectivity index (χ0n) is 18.6. The van der Waals surface area contributed by atoms with Crippen LogP contribution < -0.4 is 5.32 Å². The number of likely N-dealkylation sites (tertiary alicyclic amines) is 1. The fourth-order valence-corrected chi connectivity index (χ4v) is 4.70. The highest BCUT2D eigenvalue weighted by atomic mass is 16.5. The largest absolute Gasteiger partial charge is 0.381 e. The Morgan fingerprint density at radius 1 is 1.13 bits per heavy atom. The van der Waals surface area contributed by atoms with Gasteiger partial charge in [0.05, 0.1) is 5.69 Å². The number of nitrogens with one attached hydrogen (secondary N) is 1. The molecule has 1 aromatic heterocycles. The van der Waals surface area contributed by atoms with E-state index < -0.39 is 0 Å². The van der Waals surface area contributed by atoms with E-state index in [2.05, 4.69) is 15.4 Å². The van der Waals surface area contributed by atoms with Gasteiger partial charge in [0.15, 0.2) is 0 Å². The fraction of sp³-hybridized carbons (Fsp3) is 0.773. The lowest BCUT2D eigenvalue weighted by Crippen LogP contribution is -2.53. The first kappa shape index (κ1) is 22.7. The maximum Gasteiger partial charge on any atom is 0.220 e. The molecule has 0 radical (unpaired) electrons. The maximum absolute atomic E-state index is 12.4. The molecule has 0 bridgehead atoms. The molecular formula is C22H36N4O4. The van der Waals surface area contributed by atoms with Crippen molar-refractivity contribution in [3.63, 3.8) is 0 Å². The number of amides is 2. The minimum atomic E-state index is 0.0633. The molecule has 30 heavy (non-hydrogen) atoms. The van der Waals surface area contributed by atoms with Crippen molar-refractivity contribution in [3.8, 4) is 0 Å². The molecule has 1 N–H and O–H groups in total. The third-order valence-electron chi connectivity index (χ3n) is 6.51. The van der Waals surface area contributed by atoms with Crippen LogP contribution in [0.15, 0.2) is 4.52 Å². The molecule has 8 heteroatoms. The summed E-state index contributed by atoms with van der Waals surface area (Å²) < 4.78 is 10.7. The number of aromatic nitrogens is 1. The molecule has 0 aromatic carbocycles. The van der Waals surface area contributed by atoms with Crippen molar-refractivity contribution in [2.45, 2.75) is 71.4 Å². The summed E-state index contributed by atoms with van der Waals surface area (Å²) in [5, 5.41) is 7.04. The van der Waals surface area contributed by atoms with E-state index in [1.807, 2.05) is 18.7 Å². The van der Waals surface area contributed by atoms with E-state index in [0.717, 1.165) is 75.5 Å². The van der Waals surface area contributed by atoms with E-state index in [-0.39, 0.29) is 11.8 Å². The van der Waals surface area contributed by atoms with E-state index in [9.17, 15) is 9.59 Å². The van der Waals surface area contributed by atoms with Gasteiger partial charge >= 0.3 is 0 Å². The summed E-state index contributed by atoms with van der Waals surface area (Å²) >= 11 is 0. The summed E-state index contributed by atoms with van der Waals surface area (Å²) in [5.74, 6) is 1.02. The number of ether oxygens (including phenoxy) is 1. The van der Waals surface area contributed by atoms with E-state index in [1.165, 1.54) is 0 Å². The molecule has 8 nitrogen and oxygen atoms in total. The van der Waals surface area contributed by atoms with Crippen LogP contribution in [0.25, 0.3) is 0 Å². The Bertz CT molecular complexity index is 686. The van der Waals surface area contributed by atoms with Crippen LogP contribution in [0.4, 0.5) is 0 Å². The van der Waals surface area contributed by atoms with Crippen molar-refractivity contribution in [2.75, 3.05) is 39.4 Å². The van der Waals surface area contributed by atoms with E-state index >= 15 is 0 Å². The van der Waals surface area contributed by atoms with Gasteiger partial charge in [-0.2, -0.15) is 0 Å². The van der Waals surface area contributed by atoms with Gasteiger partial charge in [-0.05, 0) is 46.0 Å². The van der Waals surface area contributed by atoms with Crippen molar-refractivity contribution >= 4 is 11.8 Å². The maximum atomic E-state index is 12.4. The minimum Gasteiger partial charge on any atom is -0.381 e. The monoisotopic (exact) mass is 420 g/mol. The van der Waals surface area contributed by atoms with Gasteiger partial charge in [-0.25, -0.2) is 0 Å². The number of hydrogen-bond donors (Lipinski definition) is 1. The highest BCUT2D eigenvalue weighted by molar-refractivity contribution is 5.76. The number of carbonyl (C=O) groups excluding carboxylic acids is 2.